The first-order valence-electron chi connectivity index (χ1n) is 6.43. The molecule has 1 aliphatic rings. The molecule has 1 rings (SSSR count). The molecule has 1 saturated heterocycles. The molecule has 2 unspecified atom stereocenters. The van der Waals surface area contributed by atoms with Gasteiger partial charge in [0.1, 0.15) is 6.54 Å². The van der Waals surface area contributed by atoms with Gasteiger partial charge in [-0.1, -0.05) is 6.92 Å². The van der Waals surface area contributed by atoms with Crippen molar-refractivity contribution in [1.82, 2.24) is 15.5 Å². The highest BCUT2D eigenvalue weighted by Gasteiger charge is 2.26. The number of aliphatic carboxylic acids is 1. The SMILES string of the molecule is CC1CCN(C(=O)NCC(=O)NCC(=O)O)C(C)C1. The minimum absolute atomic E-state index is 0.158. The molecule has 7 nitrogen and oxygen atoms in total. The fourth-order valence-electron chi connectivity index (χ4n) is 2.20. The van der Waals surface area contributed by atoms with Crippen molar-refractivity contribution in [2.24, 2.45) is 5.92 Å². The second-order valence-electron chi connectivity index (χ2n) is 5.00. The van der Waals surface area contributed by atoms with Gasteiger partial charge in [0.2, 0.25) is 5.91 Å². The number of likely N-dealkylation sites (tertiary alicyclic amines) is 1. The number of hydrogen-bond donors (Lipinski definition) is 3. The highest BCUT2D eigenvalue weighted by Crippen LogP contribution is 2.21. The van der Waals surface area contributed by atoms with Gasteiger partial charge in [0.25, 0.3) is 0 Å². The van der Waals surface area contributed by atoms with Gasteiger partial charge in [0.05, 0.1) is 6.54 Å². The molecule has 0 aromatic carbocycles. The normalized spacial score (nSPS) is 22.7. The minimum atomic E-state index is -1.11. The Morgan fingerprint density at radius 3 is 2.47 bits per heavy atom. The summed E-state index contributed by atoms with van der Waals surface area (Å²) in [5, 5.41) is 13.1. The maximum atomic E-state index is 11.9. The van der Waals surface area contributed by atoms with Crippen molar-refractivity contribution in [3.05, 3.63) is 0 Å². The molecule has 0 aliphatic carbocycles. The Balaban J connectivity index is 2.31. The van der Waals surface area contributed by atoms with Gasteiger partial charge in [-0.25, -0.2) is 4.79 Å². The fraction of sp³-hybridized carbons (Fsp3) is 0.750. The lowest BCUT2D eigenvalue weighted by atomic mass is 9.94. The van der Waals surface area contributed by atoms with Crippen LogP contribution in [0.4, 0.5) is 4.79 Å². The largest absolute Gasteiger partial charge is 0.480 e. The van der Waals surface area contributed by atoms with Gasteiger partial charge in [-0.05, 0) is 25.7 Å². The summed E-state index contributed by atoms with van der Waals surface area (Å²) in [6.45, 7) is 4.19. The van der Waals surface area contributed by atoms with Crippen LogP contribution in [-0.4, -0.2) is 53.6 Å². The van der Waals surface area contributed by atoms with Crippen molar-refractivity contribution in [2.45, 2.75) is 32.7 Å². The molecule has 3 N–H and O–H groups in total. The van der Waals surface area contributed by atoms with Crippen LogP contribution >= 0.6 is 0 Å². The summed E-state index contributed by atoms with van der Waals surface area (Å²) < 4.78 is 0. The van der Waals surface area contributed by atoms with Crippen molar-refractivity contribution in [3.63, 3.8) is 0 Å². The van der Waals surface area contributed by atoms with Gasteiger partial charge < -0.3 is 20.6 Å². The van der Waals surface area contributed by atoms with Crippen LogP contribution < -0.4 is 10.6 Å². The Hall–Kier alpha value is -1.79. The average molecular weight is 271 g/mol. The van der Waals surface area contributed by atoms with E-state index in [-0.39, 0.29) is 18.6 Å². The van der Waals surface area contributed by atoms with Gasteiger partial charge in [-0.3, -0.25) is 9.59 Å². The van der Waals surface area contributed by atoms with Gasteiger partial charge in [0, 0.05) is 12.6 Å². The molecule has 1 aliphatic heterocycles. The lowest BCUT2D eigenvalue weighted by Crippen LogP contribution is -2.51. The lowest BCUT2D eigenvalue weighted by molar-refractivity contribution is -0.137. The van der Waals surface area contributed by atoms with Crippen LogP contribution in [0.5, 0.6) is 0 Å². The molecule has 3 amide bonds. The smallest absolute Gasteiger partial charge is 0.322 e. The zero-order valence-electron chi connectivity index (χ0n) is 11.3. The van der Waals surface area contributed by atoms with E-state index in [4.69, 9.17) is 5.11 Å². The molecule has 19 heavy (non-hydrogen) atoms. The Labute approximate surface area is 112 Å². The third-order valence-electron chi connectivity index (χ3n) is 3.24. The Morgan fingerprint density at radius 2 is 1.89 bits per heavy atom. The predicted molar refractivity (Wildman–Crippen MR) is 68.6 cm³/mol. The van der Waals surface area contributed by atoms with E-state index in [9.17, 15) is 14.4 Å². The number of amides is 3. The van der Waals surface area contributed by atoms with E-state index in [0.29, 0.717) is 12.5 Å². The van der Waals surface area contributed by atoms with Crippen LogP contribution in [0.15, 0.2) is 0 Å². The molecule has 0 aromatic rings. The van der Waals surface area contributed by atoms with Gasteiger partial charge in [0.15, 0.2) is 0 Å². The maximum absolute atomic E-state index is 11.9. The molecule has 108 valence electrons. The van der Waals surface area contributed by atoms with E-state index in [1.807, 2.05) is 6.92 Å². The Kier molecular flexibility index (Phi) is 5.59. The molecular weight excluding hydrogens is 250 g/mol. The van der Waals surface area contributed by atoms with Crippen LogP contribution in [0.1, 0.15) is 26.7 Å². The molecule has 0 radical (unpaired) electrons. The van der Waals surface area contributed by atoms with Crippen molar-refractivity contribution in [1.29, 1.82) is 0 Å². The van der Waals surface area contributed by atoms with E-state index in [1.54, 1.807) is 4.90 Å². The van der Waals surface area contributed by atoms with Crippen molar-refractivity contribution in [3.8, 4) is 0 Å². The fourth-order valence-corrected chi connectivity index (χ4v) is 2.20. The third-order valence-corrected chi connectivity index (χ3v) is 3.24. The van der Waals surface area contributed by atoms with Gasteiger partial charge in [-0.2, -0.15) is 0 Å². The first kappa shape index (κ1) is 15.3. The minimum Gasteiger partial charge on any atom is -0.480 e. The highest BCUT2D eigenvalue weighted by atomic mass is 16.4. The van der Waals surface area contributed by atoms with E-state index in [1.165, 1.54) is 0 Å². The molecular formula is C12H21N3O4. The summed E-state index contributed by atoms with van der Waals surface area (Å²) in [5.74, 6) is -1.01. The van der Waals surface area contributed by atoms with Crippen molar-refractivity contribution >= 4 is 17.9 Å². The molecule has 1 heterocycles. The predicted octanol–water partition coefficient (Wildman–Crippen LogP) is 0.0172. The number of piperidine rings is 1. The average Bonchev–Trinajstić information content (AvgIpc) is 2.33. The first-order chi connectivity index (χ1) is 8.90. The van der Waals surface area contributed by atoms with E-state index >= 15 is 0 Å². The van der Waals surface area contributed by atoms with Crippen LogP contribution in [0, 0.1) is 5.92 Å². The molecule has 2 atom stereocenters. The number of nitrogens with zero attached hydrogens (tertiary/aromatic N) is 1. The van der Waals surface area contributed by atoms with Gasteiger partial charge in [-0.15, -0.1) is 0 Å². The number of carbonyl (C=O) groups is 3. The zero-order valence-corrected chi connectivity index (χ0v) is 11.3. The van der Waals surface area contributed by atoms with Crippen LogP contribution in [0.3, 0.4) is 0 Å². The van der Waals surface area contributed by atoms with Gasteiger partial charge >= 0.3 is 12.0 Å². The van der Waals surface area contributed by atoms with Crippen LogP contribution in [0.25, 0.3) is 0 Å². The molecule has 0 bridgehead atoms. The monoisotopic (exact) mass is 271 g/mol. The Morgan fingerprint density at radius 1 is 1.21 bits per heavy atom. The summed E-state index contributed by atoms with van der Waals surface area (Å²) in [7, 11) is 0. The molecule has 0 saturated carbocycles. The second kappa shape index (κ2) is 6.96. The Bertz CT molecular complexity index is 359. The number of carbonyl (C=O) groups excluding carboxylic acids is 2. The number of rotatable bonds is 4. The number of carboxylic acids is 1. The lowest BCUT2D eigenvalue weighted by Gasteiger charge is -2.36. The van der Waals surface area contributed by atoms with Crippen molar-refractivity contribution in [2.75, 3.05) is 19.6 Å². The van der Waals surface area contributed by atoms with Crippen LogP contribution in [-0.2, 0) is 9.59 Å². The standard InChI is InChI=1S/C12H21N3O4/c1-8-3-4-15(9(2)5-8)12(19)14-6-10(16)13-7-11(17)18/h8-9H,3-7H2,1-2H3,(H,13,16)(H,14,19)(H,17,18). The van der Waals surface area contributed by atoms with E-state index in [2.05, 4.69) is 17.6 Å². The molecule has 7 heteroatoms. The summed E-state index contributed by atoms with van der Waals surface area (Å²) >= 11 is 0. The maximum Gasteiger partial charge on any atom is 0.322 e. The number of urea groups is 1. The summed E-state index contributed by atoms with van der Waals surface area (Å²) in [6, 6.07) is -0.115. The number of nitrogens with one attached hydrogen (secondary N) is 2. The van der Waals surface area contributed by atoms with Crippen LogP contribution in [0.2, 0.25) is 0 Å². The number of hydrogen-bond acceptors (Lipinski definition) is 3. The summed E-state index contributed by atoms with van der Waals surface area (Å²) in [5.41, 5.74) is 0. The topological polar surface area (TPSA) is 98.7 Å². The highest BCUT2D eigenvalue weighted by molar-refractivity contribution is 5.86. The van der Waals surface area contributed by atoms with Crippen molar-refractivity contribution < 1.29 is 19.5 Å². The molecule has 0 aromatic heterocycles. The number of carboxylic acid groups (broad SMARTS) is 1. The summed E-state index contributed by atoms with van der Waals surface area (Å²) in [4.78, 5) is 35.1. The van der Waals surface area contributed by atoms with E-state index in [0.717, 1.165) is 12.8 Å². The quantitative estimate of drug-likeness (QED) is 0.671. The summed E-state index contributed by atoms with van der Waals surface area (Å²) in [6.07, 6.45) is 1.92. The molecule has 0 spiro atoms. The molecule has 1 fully saturated rings. The van der Waals surface area contributed by atoms with E-state index < -0.39 is 18.4 Å². The second-order valence-corrected chi connectivity index (χ2v) is 5.00. The first-order valence-corrected chi connectivity index (χ1v) is 6.43. The third kappa shape index (κ3) is 5.15. The zero-order chi connectivity index (χ0) is 14.4.